The minimum atomic E-state index is -0.531. The van der Waals surface area contributed by atoms with Crippen LogP contribution in [0.2, 0.25) is 0 Å². The summed E-state index contributed by atoms with van der Waals surface area (Å²) in [5, 5.41) is 2.87. The SMILES string of the molecule is CC(C)[C@H](C)NC(=O)c1cccc(C(N)=O)c1. The first kappa shape index (κ1) is 13.2. The minimum absolute atomic E-state index is 0.0831. The smallest absolute Gasteiger partial charge is 0.251 e. The van der Waals surface area contributed by atoms with Gasteiger partial charge >= 0.3 is 0 Å². The summed E-state index contributed by atoms with van der Waals surface area (Å²) in [4.78, 5) is 22.9. The summed E-state index contributed by atoms with van der Waals surface area (Å²) in [5.74, 6) is -0.357. The van der Waals surface area contributed by atoms with E-state index >= 15 is 0 Å². The summed E-state index contributed by atoms with van der Waals surface area (Å²) in [6.45, 7) is 6.01. The van der Waals surface area contributed by atoms with Crippen LogP contribution in [0.3, 0.4) is 0 Å². The molecule has 0 fully saturated rings. The van der Waals surface area contributed by atoms with E-state index in [1.54, 1.807) is 18.2 Å². The Hall–Kier alpha value is -1.84. The zero-order chi connectivity index (χ0) is 13.0. The van der Waals surface area contributed by atoms with Gasteiger partial charge in [-0.15, -0.1) is 0 Å². The molecule has 2 amide bonds. The number of hydrogen-bond donors (Lipinski definition) is 2. The molecule has 4 heteroatoms. The molecule has 0 aliphatic rings. The fraction of sp³-hybridized carbons (Fsp3) is 0.385. The maximum atomic E-state index is 11.9. The van der Waals surface area contributed by atoms with E-state index in [4.69, 9.17) is 5.73 Å². The number of carbonyl (C=O) groups is 2. The lowest BCUT2D eigenvalue weighted by Gasteiger charge is -2.17. The highest BCUT2D eigenvalue weighted by Crippen LogP contribution is 2.07. The highest BCUT2D eigenvalue weighted by Gasteiger charge is 2.13. The molecule has 1 rings (SSSR count). The van der Waals surface area contributed by atoms with Gasteiger partial charge in [-0.2, -0.15) is 0 Å². The standard InChI is InChI=1S/C13H18N2O2/c1-8(2)9(3)15-13(17)11-6-4-5-10(7-11)12(14)16/h4-9H,1-3H3,(H2,14,16)(H,15,17)/t9-/m0/s1. The van der Waals surface area contributed by atoms with Crippen LogP contribution in [-0.2, 0) is 0 Å². The first-order chi connectivity index (χ1) is 7.91. The highest BCUT2D eigenvalue weighted by molar-refractivity contribution is 5.99. The first-order valence-corrected chi connectivity index (χ1v) is 5.62. The molecular weight excluding hydrogens is 216 g/mol. The van der Waals surface area contributed by atoms with Crippen LogP contribution < -0.4 is 11.1 Å². The second-order valence-corrected chi connectivity index (χ2v) is 4.45. The molecule has 4 nitrogen and oxygen atoms in total. The Labute approximate surface area is 101 Å². The van der Waals surface area contributed by atoms with Crippen molar-refractivity contribution in [3.8, 4) is 0 Å². The molecule has 1 aromatic carbocycles. The van der Waals surface area contributed by atoms with E-state index in [1.807, 2.05) is 20.8 Å². The number of rotatable bonds is 4. The monoisotopic (exact) mass is 234 g/mol. The summed E-state index contributed by atoms with van der Waals surface area (Å²) < 4.78 is 0. The molecular formula is C13H18N2O2. The quantitative estimate of drug-likeness (QED) is 0.829. The predicted molar refractivity (Wildman–Crippen MR) is 66.7 cm³/mol. The van der Waals surface area contributed by atoms with E-state index in [9.17, 15) is 9.59 Å². The molecule has 0 heterocycles. The van der Waals surface area contributed by atoms with Gasteiger partial charge in [0.25, 0.3) is 5.91 Å². The number of nitrogens with two attached hydrogens (primary N) is 1. The first-order valence-electron chi connectivity index (χ1n) is 5.62. The van der Waals surface area contributed by atoms with E-state index < -0.39 is 5.91 Å². The highest BCUT2D eigenvalue weighted by atomic mass is 16.2. The van der Waals surface area contributed by atoms with Gasteiger partial charge in [0.05, 0.1) is 0 Å². The van der Waals surface area contributed by atoms with Gasteiger partial charge in [0, 0.05) is 17.2 Å². The Bertz CT molecular complexity index is 427. The molecule has 0 aliphatic carbocycles. The number of nitrogens with one attached hydrogen (secondary N) is 1. The summed E-state index contributed by atoms with van der Waals surface area (Å²) in [6, 6.07) is 6.49. The van der Waals surface area contributed by atoms with Crippen LogP contribution in [0.1, 0.15) is 41.5 Å². The predicted octanol–water partition coefficient (Wildman–Crippen LogP) is 1.56. The van der Waals surface area contributed by atoms with Crippen molar-refractivity contribution in [2.24, 2.45) is 11.7 Å². The number of primary amides is 1. The second-order valence-electron chi connectivity index (χ2n) is 4.45. The Morgan fingerprint density at radius 1 is 1.18 bits per heavy atom. The summed E-state index contributed by atoms with van der Waals surface area (Å²) in [6.07, 6.45) is 0. The van der Waals surface area contributed by atoms with Gasteiger partial charge in [0.15, 0.2) is 0 Å². The summed E-state index contributed by atoms with van der Waals surface area (Å²) >= 11 is 0. The Kier molecular flexibility index (Phi) is 4.26. The lowest BCUT2D eigenvalue weighted by Crippen LogP contribution is -2.36. The van der Waals surface area contributed by atoms with Crippen LogP contribution in [0.25, 0.3) is 0 Å². The van der Waals surface area contributed by atoms with Crippen molar-refractivity contribution in [3.05, 3.63) is 35.4 Å². The van der Waals surface area contributed by atoms with Crippen molar-refractivity contribution in [1.82, 2.24) is 5.32 Å². The van der Waals surface area contributed by atoms with E-state index in [0.717, 1.165) is 0 Å². The van der Waals surface area contributed by atoms with Crippen molar-refractivity contribution >= 4 is 11.8 Å². The van der Waals surface area contributed by atoms with Crippen LogP contribution >= 0.6 is 0 Å². The maximum Gasteiger partial charge on any atom is 0.251 e. The van der Waals surface area contributed by atoms with Gasteiger partial charge in [-0.1, -0.05) is 19.9 Å². The van der Waals surface area contributed by atoms with Gasteiger partial charge in [0.2, 0.25) is 5.91 Å². The molecule has 0 radical (unpaired) electrons. The molecule has 92 valence electrons. The molecule has 0 saturated carbocycles. The normalized spacial score (nSPS) is 12.2. The van der Waals surface area contributed by atoms with E-state index in [1.165, 1.54) is 6.07 Å². The third kappa shape index (κ3) is 3.59. The van der Waals surface area contributed by atoms with Gasteiger partial charge in [-0.3, -0.25) is 9.59 Å². The molecule has 0 aliphatic heterocycles. The fourth-order valence-electron chi connectivity index (χ4n) is 1.27. The average Bonchev–Trinajstić information content (AvgIpc) is 2.28. The van der Waals surface area contributed by atoms with Crippen molar-refractivity contribution in [2.45, 2.75) is 26.8 Å². The van der Waals surface area contributed by atoms with Crippen molar-refractivity contribution in [3.63, 3.8) is 0 Å². The zero-order valence-electron chi connectivity index (χ0n) is 10.4. The van der Waals surface area contributed by atoms with Crippen molar-refractivity contribution < 1.29 is 9.59 Å². The maximum absolute atomic E-state index is 11.9. The minimum Gasteiger partial charge on any atom is -0.366 e. The largest absolute Gasteiger partial charge is 0.366 e. The summed E-state index contributed by atoms with van der Waals surface area (Å²) in [7, 11) is 0. The molecule has 0 spiro atoms. The molecule has 0 saturated heterocycles. The Balaban J connectivity index is 2.82. The lowest BCUT2D eigenvalue weighted by atomic mass is 10.1. The van der Waals surface area contributed by atoms with E-state index in [-0.39, 0.29) is 11.9 Å². The molecule has 3 N–H and O–H groups in total. The third-order valence-electron chi connectivity index (χ3n) is 2.77. The van der Waals surface area contributed by atoms with Crippen molar-refractivity contribution in [2.75, 3.05) is 0 Å². The topological polar surface area (TPSA) is 72.2 Å². The zero-order valence-corrected chi connectivity index (χ0v) is 10.4. The van der Waals surface area contributed by atoms with Gasteiger partial charge in [0.1, 0.15) is 0 Å². The lowest BCUT2D eigenvalue weighted by molar-refractivity contribution is 0.0930. The number of amides is 2. The van der Waals surface area contributed by atoms with Crippen LogP contribution in [0.4, 0.5) is 0 Å². The Morgan fingerprint density at radius 2 is 1.76 bits per heavy atom. The van der Waals surface area contributed by atoms with Crippen molar-refractivity contribution in [1.29, 1.82) is 0 Å². The number of carbonyl (C=O) groups excluding carboxylic acids is 2. The van der Waals surface area contributed by atoms with Gasteiger partial charge in [-0.25, -0.2) is 0 Å². The average molecular weight is 234 g/mol. The molecule has 0 unspecified atom stereocenters. The molecule has 17 heavy (non-hydrogen) atoms. The van der Waals surface area contributed by atoms with Gasteiger partial charge < -0.3 is 11.1 Å². The van der Waals surface area contributed by atoms with E-state index in [0.29, 0.717) is 17.0 Å². The molecule has 0 aromatic heterocycles. The molecule has 1 atom stereocenters. The van der Waals surface area contributed by atoms with Crippen LogP contribution in [-0.4, -0.2) is 17.9 Å². The number of benzene rings is 1. The second kappa shape index (κ2) is 5.48. The number of hydrogen-bond acceptors (Lipinski definition) is 2. The van der Waals surface area contributed by atoms with Crippen LogP contribution in [0, 0.1) is 5.92 Å². The fourth-order valence-corrected chi connectivity index (χ4v) is 1.27. The Morgan fingerprint density at radius 3 is 2.29 bits per heavy atom. The molecule has 0 bridgehead atoms. The molecule has 1 aromatic rings. The summed E-state index contributed by atoms with van der Waals surface area (Å²) in [5.41, 5.74) is 5.96. The van der Waals surface area contributed by atoms with Gasteiger partial charge in [-0.05, 0) is 31.0 Å². The van der Waals surface area contributed by atoms with E-state index in [2.05, 4.69) is 5.32 Å². The third-order valence-corrected chi connectivity index (χ3v) is 2.77. The van der Waals surface area contributed by atoms with Crippen LogP contribution in [0.5, 0.6) is 0 Å². The van der Waals surface area contributed by atoms with Crippen LogP contribution in [0.15, 0.2) is 24.3 Å².